The number of carbonyl (C=O) groups is 4. The van der Waals surface area contributed by atoms with Gasteiger partial charge in [-0.15, -0.1) is 0 Å². The number of carboxylic acid groups (broad SMARTS) is 1. The van der Waals surface area contributed by atoms with Crippen LogP contribution < -0.4 is 22.1 Å². The lowest BCUT2D eigenvalue weighted by Gasteiger charge is -2.24. The number of benzene rings is 1. The van der Waals surface area contributed by atoms with Gasteiger partial charge < -0.3 is 32.2 Å². The summed E-state index contributed by atoms with van der Waals surface area (Å²) in [6.45, 7) is 3.72. The number of aliphatic carboxylic acids is 1. The van der Waals surface area contributed by atoms with Crippen molar-refractivity contribution in [1.29, 1.82) is 0 Å². The van der Waals surface area contributed by atoms with Gasteiger partial charge in [0, 0.05) is 23.5 Å². The molecule has 31 heavy (non-hydrogen) atoms. The van der Waals surface area contributed by atoms with Gasteiger partial charge in [0.25, 0.3) is 0 Å². The number of para-hydroxylation sites is 1. The normalized spacial score (nSPS) is 14.1. The maximum atomic E-state index is 12.8. The number of amides is 3. The van der Waals surface area contributed by atoms with Crippen molar-refractivity contribution in [3.8, 4) is 0 Å². The van der Waals surface area contributed by atoms with Crippen molar-refractivity contribution in [3.63, 3.8) is 0 Å². The van der Waals surface area contributed by atoms with E-state index in [9.17, 15) is 24.3 Å². The Morgan fingerprint density at radius 2 is 1.71 bits per heavy atom. The van der Waals surface area contributed by atoms with E-state index in [-0.39, 0.29) is 25.2 Å². The average molecular weight is 431 g/mol. The Kier molecular flexibility index (Phi) is 8.14. The summed E-state index contributed by atoms with van der Waals surface area (Å²) >= 11 is 0. The molecular formula is C21H29N5O5. The zero-order valence-corrected chi connectivity index (χ0v) is 17.6. The van der Waals surface area contributed by atoms with E-state index >= 15 is 0 Å². The molecule has 0 saturated carbocycles. The molecule has 0 spiro atoms. The second-order valence-electron chi connectivity index (χ2n) is 7.93. The van der Waals surface area contributed by atoms with Crippen molar-refractivity contribution in [2.24, 2.45) is 17.4 Å². The molecule has 3 amide bonds. The average Bonchev–Trinajstić information content (AvgIpc) is 3.08. The first-order valence-electron chi connectivity index (χ1n) is 10.0. The molecular weight excluding hydrogens is 402 g/mol. The molecule has 0 saturated heterocycles. The first-order chi connectivity index (χ1) is 14.6. The van der Waals surface area contributed by atoms with Crippen molar-refractivity contribution in [3.05, 3.63) is 36.0 Å². The number of fused-ring (bicyclic) bond motifs is 1. The quantitative estimate of drug-likeness (QED) is 0.291. The van der Waals surface area contributed by atoms with Gasteiger partial charge in [0.05, 0.1) is 12.5 Å². The molecule has 0 unspecified atom stereocenters. The highest BCUT2D eigenvalue weighted by atomic mass is 16.4. The molecule has 1 aromatic heterocycles. The summed E-state index contributed by atoms with van der Waals surface area (Å²) in [5.74, 6) is -3.25. The van der Waals surface area contributed by atoms with E-state index in [2.05, 4.69) is 15.6 Å². The third-order valence-corrected chi connectivity index (χ3v) is 4.81. The van der Waals surface area contributed by atoms with Gasteiger partial charge in [0.15, 0.2) is 0 Å². The highest BCUT2D eigenvalue weighted by Crippen LogP contribution is 2.19. The van der Waals surface area contributed by atoms with Crippen molar-refractivity contribution >= 4 is 34.6 Å². The number of carboxylic acids is 1. The number of hydrogen-bond acceptors (Lipinski definition) is 5. The van der Waals surface area contributed by atoms with Crippen molar-refractivity contribution < 1.29 is 24.3 Å². The summed E-state index contributed by atoms with van der Waals surface area (Å²) in [6.07, 6.45) is 1.68. The number of nitrogens with two attached hydrogens (primary N) is 2. The molecule has 2 aromatic rings. The number of hydrogen-bond donors (Lipinski definition) is 6. The van der Waals surface area contributed by atoms with Crippen LogP contribution in [0.5, 0.6) is 0 Å². The summed E-state index contributed by atoms with van der Waals surface area (Å²) in [4.78, 5) is 51.0. The molecule has 0 fully saturated rings. The fraction of sp³-hybridized carbons (Fsp3) is 0.429. The summed E-state index contributed by atoms with van der Waals surface area (Å²) in [7, 11) is 0. The molecule has 10 heteroatoms. The Labute approximate surface area is 179 Å². The number of aromatic nitrogens is 1. The standard InChI is InChI=1S/C21H29N5O5/c1-11(2)7-16(25-19(28)14(22)9-18(23)27)20(29)26-17(21(30)31)8-12-10-24-15-6-4-3-5-13(12)15/h3-6,10-11,14,16-17,24H,7-9,22H2,1-2H3,(H2,23,27)(H,25,28)(H,26,29)(H,30,31)/t14-,16-,17-/m0/s1. The van der Waals surface area contributed by atoms with E-state index in [1.54, 1.807) is 6.20 Å². The van der Waals surface area contributed by atoms with Gasteiger partial charge in [0.1, 0.15) is 12.1 Å². The first-order valence-corrected chi connectivity index (χ1v) is 10.0. The molecule has 0 aliphatic rings. The van der Waals surface area contributed by atoms with Crippen LogP contribution in [0.15, 0.2) is 30.5 Å². The molecule has 8 N–H and O–H groups in total. The van der Waals surface area contributed by atoms with E-state index in [4.69, 9.17) is 11.5 Å². The van der Waals surface area contributed by atoms with Crippen LogP contribution in [0, 0.1) is 5.92 Å². The predicted octanol–water partition coefficient (Wildman–Crippen LogP) is 0.0134. The maximum Gasteiger partial charge on any atom is 0.326 e. The Morgan fingerprint density at radius 3 is 2.32 bits per heavy atom. The van der Waals surface area contributed by atoms with Crippen LogP contribution in [-0.2, 0) is 25.6 Å². The Hall–Kier alpha value is -3.40. The third kappa shape index (κ3) is 6.82. The molecule has 0 radical (unpaired) electrons. The van der Waals surface area contributed by atoms with Gasteiger partial charge in [-0.1, -0.05) is 32.0 Å². The zero-order chi connectivity index (χ0) is 23.1. The van der Waals surface area contributed by atoms with Crippen molar-refractivity contribution in [2.45, 2.75) is 51.2 Å². The number of primary amides is 1. The Morgan fingerprint density at radius 1 is 1.06 bits per heavy atom. The summed E-state index contributed by atoms with van der Waals surface area (Å²) < 4.78 is 0. The van der Waals surface area contributed by atoms with E-state index in [1.165, 1.54) is 0 Å². The molecule has 168 valence electrons. The largest absolute Gasteiger partial charge is 0.480 e. The lowest BCUT2D eigenvalue weighted by atomic mass is 10.0. The highest BCUT2D eigenvalue weighted by molar-refractivity contribution is 5.93. The third-order valence-electron chi connectivity index (χ3n) is 4.81. The minimum absolute atomic E-state index is 0.0281. The molecule has 0 aliphatic carbocycles. The molecule has 1 heterocycles. The van der Waals surface area contributed by atoms with E-state index in [1.807, 2.05) is 38.1 Å². The Bertz CT molecular complexity index is 955. The van der Waals surface area contributed by atoms with Crippen LogP contribution in [0.4, 0.5) is 0 Å². The van der Waals surface area contributed by atoms with Crippen LogP contribution in [0.2, 0.25) is 0 Å². The van der Waals surface area contributed by atoms with E-state index in [0.29, 0.717) is 0 Å². The molecule has 0 bridgehead atoms. The number of aromatic amines is 1. The first kappa shape index (κ1) is 23.9. The minimum atomic E-state index is -1.20. The smallest absolute Gasteiger partial charge is 0.326 e. The number of H-pyrrole nitrogens is 1. The number of rotatable bonds is 11. The van der Waals surface area contributed by atoms with E-state index < -0.39 is 41.8 Å². The van der Waals surface area contributed by atoms with Gasteiger partial charge in [-0.05, 0) is 24.0 Å². The van der Waals surface area contributed by atoms with Gasteiger partial charge in [0.2, 0.25) is 17.7 Å². The van der Waals surface area contributed by atoms with Gasteiger partial charge in [-0.2, -0.15) is 0 Å². The fourth-order valence-corrected chi connectivity index (χ4v) is 3.28. The van der Waals surface area contributed by atoms with Crippen LogP contribution in [0.25, 0.3) is 10.9 Å². The van der Waals surface area contributed by atoms with Crippen molar-refractivity contribution in [2.75, 3.05) is 0 Å². The minimum Gasteiger partial charge on any atom is -0.480 e. The zero-order valence-electron chi connectivity index (χ0n) is 17.6. The SMILES string of the molecule is CC(C)C[C@H](NC(=O)[C@@H](N)CC(N)=O)C(=O)N[C@@H](Cc1c[nH]c2ccccc12)C(=O)O. The molecule has 0 aliphatic heterocycles. The Balaban J connectivity index is 2.13. The summed E-state index contributed by atoms with van der Waals surface area (Å²) in [5.41, 5.74) is 12.3. The monoisotopic (exact) mass is 431 g/mol. The second-order valence-corrected chi connectivity index (χ2v) is 7.93. The van der Waals surface area contributed by atoms with E-state index in [0.717, 1.165) is 16.5 Å². The van der Waals surface area contributed by atoms with Gasteiger partial charge in [-0.3, -0.25) is 14.4 Å². The topological polar surface area (TPSA) is 180 Å². The fourth-order valence-electron chi connectivity index (χ4n) is 3.28. The molecule has 2 rings (SSSR count). The molecule has 10 nitrogen and oxygen atoms in total. The summed E-state index contributed by atoms with van der Waals surface area (Å²) in [5, 5.41) is 15.5. The lowest BCUT2D eigenvalue weighted by molar-refractivity contribution is -0.142. The predicted molar refractivity (Wildman–Crippen MR) is 115 cm³/mol. The van der Waals surface area contributed by atoms with Crippen molar-refractivity contribution in [1.82, 2.24) is 15.6 Å². The molecule has 1 aromatic carbocycles. The van der Waals surface area contributed by atoms with Crippen LogP contribution in [0.3, 0.4) is 0 Å². The second kappa shape index (κ2) is 10.6. The highest BCUT2D eigenvalue weighted by Gasteiger charge is 2.29. The number of nitrogens with one attached hydrogen (secondary N) is 3. The summed E-state index contributed by atoms with van der Waals surface area (Å²) in [6, 6.07) is 4.05. The van der Waals surface area contributed by atoms with Crippen LogP contribution in [-0.4, -0.2) is 51.9 Å². The maximum absolute atomic E-state index is 12.8. The van der Waals surface area contributed by atoms with Gasteiger partial charge >= 0.3 is 5.97 Å². The number of carbonyl (C=O) groups excluding carboxylic acids is 3. The lowest BCUT2D eigenvalue weighted by Crippen LogP contribution is -2.55. The van der Waals surface area contributed by atoms with Crippen LogP contribution in [0.1, 0.15) is 32.3 Å². The van der Waals surface area contributed by atoms with Crippen LogP contribution >= 0.6 is 0 Å². The molecule has 3 atom stereocenters. The van der Waals surface area contributed by atoms with Gasteiger partial charge in [-0.25, -0.2) is 4.79 Å².